The largest absolute Gasteiger partial charge is 0.481 e. The van der Waals surface area contributed by atoms with Crippen molar-refractivity contribution in [1.82, 2.24) is 25.9 Å². The Hall–Kier alpha value is -3.91. The van der Waals surface area contributed by atoms with E-state index in [1.54, 1.807) is 30.3 Å². The molecule has 4 atom stereocenters. The molecule has 0 aliphatic carbocycles. The highest BCUT2D eigenvalue weighted by Gasteiger charge is 2.31. The highest BCUT2D eigenvalue weighted by atomic mass is 32.2. The van der Waals surface area contributed by atoms with Gasteiger partial charge in [-0.25, -0.2) is 9.78 Å². The molecule has 1 heterocycles. The van der Waals surface area contributed by atoms with E-state index in [1.807, 2.05) is 6.26 Å². The molecule has 0 aliphatic heterocycles. The highest BCUT2D eigenvalue weighted by Crippen LogP contribution is 2.08. The molecule has 1 aromatic heterocycles. The first-order valence-electron chi connectivity index (χ1n) is 11.7. The van der Waals surface area contributed by atoms with Crippen LogP contribution >= 0.6 is 11.8 Å². The predicted molar refractivity (Wildman–Crippen MR) is 139 cm³/mol. The van der Waals surface area contributed by atoms with Gasteiger partial charge in [0.1, 0.15) is 18.1 Å². The molecule has 0 fully saturated rings. The Labute approximate surface area is 223 Å². The van der Waals surface area contributed by atoms with Gasteiger partial charge in [0.15, 0.2) is 0 Å². The van der Waals surface area contributed by atoms with E-state index in [-0.39, 0.29) is 19.3 Å². The average molecular weight is 549 g/mol. The van der Waals surface area contributed by atoms with Gasteiger partial charge in [0.2, 0.25) is 17.7 Å². The number of hydrogen-bond acceptors (Lipinski definition) is 8. The molecule has 14 heteroatoms. The summed E-state index contributed by atoms with van der Waals surface area (Å²) in [5.74, 6) is -4.29. The average Bonchev–Trinajstić information content (AvgIpc) is 3.38. The van der Waals surface area contributed by atoms with Gasteiger partial charge in [-0.05, 0) is 24.0 Å². The minimum atomic E-state index is -1.40. The number of carbonyl (C=O) groups excluding carboxylic acids is 3. The Bertz CT molecular complexity index is 1080. The minimum Gasteiger partial charge on any atom is -0.481 e. The number of rotatable bonds is 16. The lowest BCUT2D eigenvalue weighted by Gasteiger charge is -2.25. The first-order valence-corrected chi connectivity index (χ1v) is 13.1. The van der Waals surface area contributed by atoms with Crippen LogP contribution in [0.25, 0.3) is 0 Å². The van der Waals surface area contributed by atoms with Gasteiger partial charge in [-0.15, -0.1) is 0 Å². The third-order valence-corrected chi connectivity index (χ3v) is 6.13. The molecule has 0 saturated carbocycles. The van der Waals surface area contributed by atoms with Crippen molar-refractivity contribution in [2.45, 2.75) is 49.9 Å². The number of aromatic amines is 1. The van der Waals surface area contributed by atoms with Crippen LogP contribution in [-0.4, -0.2) is 86.0 Å². The van der Waals surface area contributed by atoms with Crippen molar-refractivity contribution in [2.24, 2.45) is 5.73 Å². The number of H-pyrrole nitrogens is 1. The monoisotopic (exact) mass is 548 g/mol. The van der Waals surface area contributed by atoms with Crippen LogP contribution in [0.1, 0.15) is 24.1 Å². The number of imidazole rings is 1. The third-order valence-electron chi connectivity index (χ3n) is 5.48. The summed E-state index contributed by atoms with van der Waals surface area (Å²) >= 11 is 1.43. The summed E-state index contributed by atoms with van der Waals surface area (Å²) < 4.78 is 0. The van der Waals surface area contributed by atoms with Gasteiger partial charge in [0, 0.05) is 24.7 Å². The zero-order valence-electron chi connectivity index (χ0n) is 20.8. The molecule has 1 aromatic carbocycles. The Morgan fingerprint density at radius 3 is 2.11 bits per heavy atom. The third kappa shape index (κ3) is 10.2. The van der Waals surface area contributed by atoms with E-state index in [0.717, 1.165) is 0 Å². The normalized spacial score (nSPS) is 13.9. The lowest BCUT2D eigenvalue weighted by atomic mass is 10.0. The number of aliphatic carboxylic acids is 2. The number of carboxylic acid groups (broad SMARTS) is 2. The second kappa shape index (κ2) is 15.4. The number of aromatic nitrogens is 2. The van der Waals surface area contributed by atoms with Gasteiger partial charge in [-0.3, -0.25) is 19.2 Å². The first-order chi connectivity index (χ1) is 18.1. The number of nitrogens with one attached hydrogen (secondary N) is 4. The maximum atomic E-state index is 13.3. The molecule has 3 amide bonds. The molecule has 13 nitrogen and oxygen atoms in total. The van der Waals surface area contributed by atoms with Crippen molar-refractivity contribution in [2.75, 3.05) is 12.0 Å². The highest BCUT2D eigenvalue weighted by molar-refractivity contribution is 7.98. The topological polar surface area (TPSA) is 217 Å². The van der Waals surface area contributed by atoms with Gasteiger partial charge in [-0.2, -0.15) is 11.8 Å². The van der Waals surface area contributed by atoms with E-state index in [0.29, 0.717) is 17.0 Å². The molecule has 8 N–H and O–H groups in total. The number of thioether (sulfide) groups is 1. The number of nitrogens with zero attached hydrogens (tertiary/aromatic N) is 1. The van der Waals surface area contributed by atoms with Crippen LogP contribution in [0.4, 0.5) is 0 Å². The molecule has 2 aromatic rings. The number of carboxylic acids is 2. The zero-order chi connectivity index (χ0) is 28.1. The summed E-state index contributed by atoms with van der Waals surface area (Å²) in [4.78, 5) is 68.3. The van der Waals surface area contributed by atoms with Crippen molar-refractivity contribution in [3.05, 3.63) is 54.1 Å². The van der Waals surface area contributed by atoms with Crippen LogP contribution in [0.2, 0.25) is 0 Å². The van der Waals surface area contributed by atoms with E-state index in [9.17, 15) is 29.1 Å². The molecule has 0 radical (unpaired) electrons. The van der Waals surface area contributed by atoms with Gasteiger partial charge < -0.3 is 36.9 Å². The molecule has 0 aliphatic rings. The van der Waals surface area contributed by atoms with E-state index in [1.165, 1.54) is 24.3 Å². The van der Waals surface area contributed by atoms with Crippen molar-refractivity contribution < 1.29 is 34.2 Å². The molecular formula is C24H32N6O7S. The zero-order valence-corrected chi connectivity index (χ0v) is 21.6. The van der Waals surface area contributed by atoms with Gasteiger partial charge in [-0.1, -0.05) is 30.3 Å². The fourth-order valence-corrected chi connectivity index (χ4v) is 3.95. The Morgan fingerprint density at radius 2 is 1.55 bits per heavy atom. The van der Waals surface area contributed by atoms with Crippen LogP contribution in [0.15, 0.2) is 42.9 Å². The summed E-state index contributed by atoms with van der Waals surface area (Å²) in [6.45, 7) is 0. The first kappa shape index (κ1) is 30.3. The lowest BCUT2D eigenvalue weighted by molar-refractivity contribution is -0.142. The molecule has 2 rings (SSSR count). The van der Waals surface area contributed by atoms with Crippen molar-refractivity contribution in [1.29, 1.82) is 0 Å². The maximum absolute atomic E-state index is 13.3. The summed E-state index contributed by atoms with van der Waals surface area (Å²) in [6.07, 6.45) is 4.19. The summed E-state index contributed by atoms with van der Waals surface area (Å²) in [7, 11) is 0. The second-order valence-corrected chi connectivity index (χ2v) is 9.46. The van der Waals surface area contributed by atoms with Gasteiger partial charge in [0.05, 0.1) is 18.8 Å². The standard InChI is InChI=1S/C24H32N6O7S/c1-38-8-7-17(24(36)37)28-22(34)18(9-14-5-3-2-4-6-14)30-23(35)19(10-15-12-26-13-27-15)29-21(33)16(25)11-20(31)32/h2-6,12-13,16-19H,7-11,25H2,1H3,(H,26,27)(H,28,34)(H,29,33)(H,30,35)(H,31,32)(H,36,37). The Kier molecular flexibility index (Phi) is 12.3. The lowest BCUT2D eigenvalue weighted by Crippen LogP contribution is -2.58. The SMILES string of the molecule is CSCCC(NC(=O)C(Cc1ccccc1)NC(=O)C(Cc1cnc[nH]1)NC(=O)C(N)CC(=O)O)C(=O)O. The summed E-state index contributed by atoms with van der Waals surface area (Å²) in [5, 5.41) is 26.0. The van der Waals surface area contributed by atoms with E-state index >= 15 is 0 Å². The number of hydrogen-bond donors (Lipinski definition) is 7. The fourth-order valence-electron chi connectivity index (χ4n) is 3.48. The number of amides is 3. The van der Waals surface area contributed by atoms with Crippen LogP contribution in [-0.2, 0) is 36.8 Å². The fraction of sp³-hybridized carbons (Fsp3) is 0.417. The van der Waals surface area contributed by atoms with Crippen LogP contribution in [0, 0.1) is 0 Å². The van der Waals surface area contributed by atoms with E-state index < -0.39 is 60.2 Å². The molecule has 206 valence electrons. The van der Waals surface area contributed by atoms with Crippen molar-refractivity contribution in [3.63, 3.8) is 0 Å². The van der Waals surface area contributed by atoms with Crippen molar-refractivity contribution in [3.8, 4) is 0 Å². The van der Waals surface area contributed by atoms with Crippen LogP contribution < -0.4 is 21.7 Å². The molecule has 38 heavy (non-hydrogen) atoms. The van der Waals surface area contributed by atoms with Crippen LogP contribution in [0.5, 0.6) is 0 Å². The minimum absolute atomic E-state index is 0.0521. The number of benzene rings is 1. The summed E-state index contributed by atoms with van der Waals surface area (Å²) in [5.41, 5.74) is 6.85. The molecular weight excluding hydrogens is 516 g/mol. The molecule has 0 bridgehead atoms. The maximum Gasteiger partial charge on any atom is 0.326 e. The summed E-state index contributed by atoms with van der Waals surface area (Å²) in [6, 6.07) is 3.85. The predicted octanol–water partition coefficient (Wildman–Crippen LogP) is -0.711. The van der Waals surface area contributed by atoms with Gasteiger partial charge in [0.25, 0.3) is 0 Å². The Morgan fingerprint density at radius 1 is 0.947 bits per heavy atom. The quantitative estimate of drug-likeness (QED) is 0.140. The van der Waals surface area contributed by atoms with E-state index in [4.69, 9.17) is 10.8 Å². The van der Waals surface area contributed by atoms with Crippen molar-refractivity contribution >= 4 is 41.4 Å². The van der Waals surface area contributed by atoms with Gasteiger partial charge >= 0.3 is 11.9 Å². The Balaban J connectivity index is 2.26. The molecule has 0 saturated heterocycles. The molecule has 4 unspecified atom stereocenters. The van der Waals surface area contributed by atoms with E-state index in [2.05, 4.69) is 25.9 Å². The number of carbonyl (C=O) groups is 5. The van der Waals surface area contributed by atoms with Crippen LogP contribution in [0.3, 0.4) is 0 Å². The molecule has 0 spiro atoms. The second-order valence-electron chi connectivity index (χ2n) is 8.48. The number of nitrogens with two attached hydrogens (primary N) is 1. The smallest absolute Gasteiger partial charge is 0.326 e.